The first kappa shape index (κ1) is 17.8. The molecule has 3 rings (SSSR count). The second-order valence-electron chi connectivity index (χ2n) is 5.99. The highest BCUT2D eigenvalue weighted by atomic mass is 16.5. The number of carbonyl (C=O) groups excluding carboxylic acids is 2. The maximum absolute atomic E-state index is 12.4. The second-order valence-corrected chi connectivity index (χ2v) is 5.99. The molecule has 8 nitrogen and oxygen atoms in total. The minimum absolute atomic E-state index is 0.0169. The van der Waals surface area contributed by atoms with E-state index in [0.717, 1.165) is 18.5 Å². The number of esters is 1. The van der Waals surface area contributed by atoms with Crippen molar-refractivity contribution in [2.45, 2.75) is 25.7 Å². The van der Waals surface area contributed by atoms with E-state index in [1.807, 2.05) is 0 Å². The van der Waals surface area contributed by atoms with E-state index in [9.17, 15) is 14.7 Å². The van der Waals surface area contributed by atoms with Crippen LogP contribution in [0, 0.1) is 0 Å². The van der Waals surface area contributed by atoms with Gasteiger partial charge < -0.3 is 19.9 Å². The van der Waals surface area contributed by atoms with Crippen LogP contribution in [0.15, 0.2) is 24.3 Å². The predicted molar refractivity (Wildman–Crippen MR) is 93.3 cm³/mol. The molecule has 8 heteroatoms. The van der Waals surface area contributed by atoms with E-state index in [4.69, 9.17) is 9.47 Å². The average Bonchev–Trinajstić information content (AvgIpc) is 3.38. The zero-order valence-corrected chi connectivity index (χ0v) is 14.7. The fourth-order valence-corrected chi connectivity index (χ4v) is 2.65. The standard InChI is InChI=1S/C18H21N3O5/c1-3-26-17(23)10-19-18(24)21-15(11-4-5-11)9-14(20-21)13-7-6-12(25-2)8-16(13)22/h6-9,11,22H,3-5,10H2,1-2H3,(H,19,24). The van der Waals surface area contributed by atoms with Crippen molar-refractivity contribution in [2.75, 3.05) is 20.3 Å². The molecule has 2 aromatic rings. The minimum atomic E-state index is -0.506. The van der Waals surface area contributed by atoms with Gasteiger partial charge in [-0.25, -0.2) is 4.79 Å². The van der Waals surface area contributed by atoms with Gasteiger partial charge in [0.2, 0.25) is 0 Å². The van der Waals surface area contributed by atoms with Crippen molar-refractivity contribution >= 4 is 12.0 Å². The summed E-state index contributed by atoms with van der Waals surface area (Å²) in [6.07, 6.45) is 1.95. The maximum Gasteiger partial charge on any atom is 0.342 e. The van der Waals surface area contributed by atoms with Crippen molar-refractivity contribution in [1.29, 1.82) is 0 Å². The summed E-state index contributed by atoms with van der Waals surface area (Å²) in [5.41, 5.74) is 1.75. The summed E-state index contributed by atoms with van der Waals surface area (Å²) in [6.45, 7) is 1.73. The van der Waals surface area contributed by atoms with Crippen LogP contribution in [0.25, 0.3) is 11.3 Å². The molecule has 1 aromatic heterocycles. The van der Waals surface area contributed by atoms with Gasteiger partial charge in [-0.3, -0.25) is 4.79 Å². The molecule has 1 aliphatic rings. The van der Waals surface area contributed by atoms with Crippen LogP contribution in [-0.4, -0.2) is 47.1 Å². The van der Waals surface area contributed by atoms with Crippen LogP contribution >= 0.6 is 0 Å². The van der Waals surface area contributed by atoms with E-state index in [1.54, 1.807) is 25.1 Å². The molecular formula is C18H21N3O5. The zero-order valence-electron chi connectivity index (χ0n) is 14.7. The maximum atomic E-state index is 12.4. The van der Waals surface area contributed by atoms with Crippen LogP contribution in [0.4, 0.5) is 4.79 Å². The number of phenols is 1. The first-order valence-corrected chi connectivity index (χ1v) is 8.44. The molecule has 0 radical (unpaired) electrons. The van der Waals surface area contributed by atoms with Crippen molar-refractivity contribution < 1.29 is 24.2 Å². The molecule has 0 saturated heterocycles. The van der Waals surface area contributed by atoms with Gasteiger partial charge in [0, 0.05) is 17.5 Å². The van der Waals surface area contributed by atoms with E-state index >= 15 is 0 Å². The summed E-state index contributed by atoms with van der Waals surface area (Å²) in [6, 6.07) is 6.19. The number of amides is 1. The molecular weight excluding hydrogens is 338 g/mol. The number of ether oxygens (including phenoxy) is 2. The fourth-order valence-electron chi connectivity index (χ4n) is 2.65. The molecule has 0 atom stereocenters. The number of methoxy groups -OCH3 is 1. The van der Waals surface area contributed by atoms with Crippen molar-refractivity contribution in [3.8, 4) is 22.8 Å². The smallest absolute Gasteiger partial charge is 0.342 e. The number of phenolic OH excluding ortho intramolecular Hbond substituents is 1. The lowest BCUT2D eigenvalue weighted by atomic mass is 10.1. The number of benzene rings is 1. The Kier molecular flexibility index (Phi) is 5.11. The molecule has 1 aliphatic carbocycles. The number of nitrogens with one attached hydrogen (secondary N) is 1. The van der Waals surface area contributed by atoms with Crippen LogP contribution in [0.5, 0.6) is 11.5 Å². The van der Waals surface area contributed by atoms with Crippen molar-refractivity contribution in [3.63, 3.8) is 0 Å². The Hall–Kier alpha value is -3.03. The first-order chi connectivity index (χ1) is 12.5. The van der Waals surface area contributed by atoms with Crippen LogP contribution in [-0.2, 0) is 9.53 Å². The first-order valence-electron chi connectivity index (χ1n) is 8.44. The van der Waals surface area contributed by atoms with E-state index in [0.29, 0.717) is 17.0 Å². The van der Waals surface area contributed by atoms with Crippen LogP contribution in [0.1, 0.15) is 31.4 Å². The van der Waals surface area contributed by atoms with Gasteiger partial charge in [-0.05, 0) is 38.0 Å². The molecule has 1 saturated carbocycles. The van der Waals surface area contributed by atoms with Crippen molar-refractivity contribution in [1.82, 2.24) is 15.1 Å². The van der Waals surface area contributed by atoms with Gasteiger partial charge in [0.15, 0.2) is 0 Å². The van der Waals surface area contributed by atoms with Gasteiger partial charge >= 0.3 is 12.0 Å². The number of carbonyl (C=O) groups is 2. The normalized spacial score (nSPS) is 13.3. The van der Waals surface area contributed by atoms with Gasteiger partial charge in [0.25, 0.3) is 0 Å². The van der Waals surface area contributed by atoms with Crippen LogP contribution < -0.4 is 10.1 Å². The number of aromatic hydroxyl groups is 1. The zero-order chi connectivity index (χ0) is 18.7. The highest BCUT2D eigenvalue weighted by molar-refractivity contribution is 5.83. The number of nitrogens with zero attached hydrogens (tertiary/aromatic N) is 2. The molecule has 0 unspecified atom stereocenters. The Morgan fingerprint density at radius 2 is 2.12 bits per heavy atom. The Morgan fingerprint density at radius 1 is 1.35 bits per heavy atom. The van der Waals surface area contributed by atoms with Gasteiger partial charge in [0.1, 0.15) is 18.0 Å². The summed E-state index contributed by atoms with van der Waals surface area (Å²) < 4.78 is 11.1. The molecule has 1 aromatic carbocycles. The third-order valence-electron chi connectivity index (χ3n) is 4.10. The molecule has 1 amide bonds. The monoisotopic (exact) mass is 359 g/mol. The van der Waals surface area contributed by atoms with E-state index in [1.165, 1.54) is 17.9 Å². The Bertz CT molecular complexity index is 826. The third kappa shape index (κ3) is 3.79. The highest BCUT2D eigenvalue weighted by Crippen LogP contribution is 2.42. The molecule has 1 fully saturated rings. The number of hydrogen-bond donors (Lipinski definition) is 2. The van der Waals surface area contributed by atoms with Crippen LogP contribution in [0.2, 0.25) is 0 Å². The van der Waals surface area contributed by atoms with Crippen LogP contribution in [0.3, 0.4) is 0 Å². The lowest BCUT2D eigenvalue weighted by Gasteiger charge is -2.07. The largest absolute Gasteiger partial charge is 0.507 e. The van der Waals surface area contributed by atoms with E-state index in [-0.39, 0.29) is 24.8 Å². The Morgan fingerprint density at radius 3 is 2.73 bits per heavy atom. The number of aromatic nitrogens is 2. The summed E-state index contributed by atoms with van der Waals surface area (Å²) in [7, 11) is 1.52. The quantitative estimate of drug-likeness (QED) is 0.767. The van der Waals surface area contributed by atoms with Crippen molar-refractivity contribution in [3.05, 3.63) is 30.0 Å². The Labute approximate surface area is 150 Å². The lowest BCUT2D eigenvalue weighted by Crippen LogP contribution is -2.35. The average molecular weight is 359 g/mol. The Balaban J connectivity index is 1.85. The summed E-state index contributed by atoms with van der Waals surface area (Å²) in [5.74, 6) is 0.294. The summed E-state index contributed by atoms with van der Waals surface area (Å²) >= 11 is 0. The van der Waals surface area contributed by atoms with Gasteiger partial charge in [-0.1, -0.05) is 0 Å². The number of hydrogen-bond acceptors (Lipinski definition) is 6. The molecule has 0 bridgehead atoms. The topological polar surface area (TPSA) is 103 Å². The highest BCUT2D eigenvalue weighted by Gasteiger charge is 2.30. The van der Waals surface area contributed by atoms with Gasteiger partial charge in [-0.15, -0.1) is 0 Å². The van der Waals surface area contributed by atoms with E-state index < -0.39 is 12.0 Å². The molecule has 26 heavy (non-hydrogen) atoms. The minimum Gasteiger partial charge on any atom is -0.507 e. The predicted octanol–water partition coefficient (Wildman–Crippen LogP) is 2.26. The van der Waals surface area contributed by atoms with Crippen molar-refractivity contribution in [2.24, 2.45) is 0 Å². The SMILES string of the molecule is CCOC(=O)CNC(=O)n1nc(-c2ccc(OC)cc2O)cc1C1CC1. The van der Waals surface area contributed by atoms with E-state index in [2.05, 4.69) is 10.4 Å². The summed E-state index contributed by atoms with van der Waals surface area (Å²) in [5, 5.41) is 17.1. The second kappa shape index (κ2) is 7.47. The molecule has 1 heterocycles. The molecule has 0 spiro atoms. The molecule has 0 aliphatic heterocycles. The lowest BCUT2D eigenvalue weighted by molar-refractivity contribution is -0.141. The fraction of sp³-hybridized carbons (Fsp3) is 0.389. The van der Waals surface area contributed by atoms with Gasteiger partial charge in [-0.2, -0.15) is 9.78 Å². The summed E-state index contributed by atoms with van der Waals surface area (Å²) in [4.78, 5) is 23.9. The van der Waals surface area contributed by atoms with Gasteiger partial charge in [0.05, 0.1) is 25.1 Å². The molecule has 138 valence electrons. The molecule has 2 N–H and O–H groups in total. The number of rotatable bonds is 6. The third-order valence-corrected chi connectivity index (χ3v) is 4.10.